The van der Waals surface area contributed by atoms with Gasteiger partial charge in [-0.05, 0) is 55.3 Å². The van der Waals surface area contributed by atoms with Crippen LogP contribution in [0.25, 0.3) is 21.6 Å². The standard InChI is InChI=1S/C26H25N7OS/c1-2-9-21-20(8-1)31-23(32-21)14-17-5-3-7-19(13-17)34-25-24(35-16-29-25)22-10-12-28-26(33-22)30-18-6-4-11-27-15-18/h1-3,5,7-10,12-13,16,18,27H,4,6,11,14-15H2,(H,31,32)(H,28,30,33). The molecule has 1 atom stereocenters. The summed E-state index contributed by atoms with van der Waals surface area (Å²) in [5.74, 6) is 2.82. The SMILES string of the molecule is c1cc(Cc2nc3ccccc3[nH]2)cc(Oc2ncsc2-c2ccnc(NC3CCCNC3)n2)c1. The number of aromatic amines is 1. The van der Waals surface area contributed by atoms with Crippen LogP contribution in [0.15, 0.2) is 66.3 Å². The molecule has 1 fully saturated rings. The maximum Gasteiger partial charge on any atom is 0.239 e. The third-order valence-corrected chi connectivity index (χ3v) is 6.81. The van der Waals surface area contributed by atoms with Crippen LogP contribution < -0.4 is 15.4 Å². The molecule has 35 heavy (non-hydrogen) atoms. The molecule has 1 aliphatic rings. The van der Waals surface area contributed by atoms with Crippen molar-refractivity contribution in [2.45, 2.75) is 25.3 Å². The normalized spacial score (nSPS) is 15.8. The Morgan fingerprint density at radius 3 is 2.94 bits per heavy atom. The van der Waals surface area contributed by atoms with Crippen molar-refractivity contribution in [3.8, 4) is 22.2 Å². The van der Waals surface area contributed by atoms with Crippen LogP contribution in [0, 0.1) is 0 Å². The van der Waals surface area contributed by atoms with Gasteiger partial charge in [-0.25, -0.2) is 19.9 Å². The molecule has 0 bridgehead atoms. The average molecular weight is 484 g/mol. The molecule has 2 aromatic carbocycles. The molecule has 0 amide bonds. The molecule has 5 aromatic rings. The molecule has 1 aliphatic heterocycles. The van der Waals surface area contributed by atoms with Crippen LogP contribution in [0.5, 0.6) is 11.6 Å². The number of hydrogen-bond donors (Lipinski definition) is 3. The predicted octanol–water partition coefficient (Wildman–Crippen LogP) is 5.02. The van der Waals surface area contributed by atoms with Crippen LogP contribution in [-0.4, -0.2) is 44.1 Å². The van der Waals surface area contributed by atoms with E-state index in [0.29, 0.717) is 24.3 Å². The van der Waals surface area contributed by atoms with Crippen LogP contribution >= 0.6 is 11.3 Å². The summed E-state index contributed by atoms with van der Waals surface area (Å²) in [5.41, 5.74) is 5.69. The van der Waals surface area contributed by atoms with Gasteiger partial charge in [-0.1, -0.05) is 24.3 Å². The van der Waals surface area contributed by atoms with Crippen molar-refractivity contribution in [2.24, 2.45) is 0 Å². The van der Waals surface area contributed by atoms with Crippen molar-refractivity contribution in [1.29, 1.82) is 0 Å². The van der Waals surface area contributed by atoms with Gasteiger partial charge < -0.3 is 20.4 Å². The number of aromatic nitrogens is 5. The minimum atomic E-state index is 0.339. The topological polar surface area (TPSA) is 101 Å². The first-order valence-electron chi connectivity index (χ1n) is 11.7. The maximum atomic E-state index is 6.21. The maximum absolute atomic E-state index is 6.21. The van der Waals surface area contributed by atoms with E-state index < -0.39 is 0 Å². The lowest BCUT2D eigenvalue weighted by Crippen LogP contribution is -2.38. The van der Waals surface area contributed by atoms with Crippen LogP contribution in [-0.2, 0) is 6.42 Å². The molecule has 0 saturated carbocycles. The van der Waals surface area contributed by atoms with E-state index in [1.807, 2.05) is 48.5 Å². The second-order valence-electron chi connectivity index (χ2n) is 8.57. The third-order valence-electron chi connectivity index (χ3n) is 5.98. The van der Waals surface area contributed by atoms with Gasteiger partial charge in [-0.3, -0.25) is 0 Å². The van der Waals surface area contributed by atoms with E-state index >= 15 is 0 Å². The van der Waals surface area contributed by atoms with Gasteiger partial charge in [0.2, 0.25) is 11.8 Å². The van der Waals surface area contributed by atoms with E-state index in [1.54, 1.807) is 11.7 Å². The molecular weight excluding hydrogens is 458 g/mol. The van der Waals surface area contributed by atoms with Crippen LogP contribution in [0.3, 0.4) is 0 Å². The average Bonchev–Trinajstić information content (AvgIpc) is 3.51. The van der Waals surface area contributed by atoms with Crippen LogP contribution in [0.2, 0.25) is 0 Å². The summed E-state index contributed by atoms with van der Waals surface area (Å²) in [6, 6.07) is 18.3. The fourth-order valence-electron chi connectivity index (χ4n) is 4.30. The Morgan fingerprint density at radius 2 is 2.03 bits per heavy atom. The minimum Gasteiger partial charge on any atom is -0.437 e. The lowest BCUT2D eigenvalue weighted by molar-refractivity contribution is 0.467. The van der Waals surface area contributed by atoms with Gasteiger partial charge in [0.1, 0.15) is 16.5 Å². The summed E-state index contributed by atoms with van der Waals surface area (Å²) < 4.78 is 6.21. The smallest absolute Gasteiger partial charge is 0.239 e. The first-order valence-corrected chi connectivity index (χ1v) is 12.6. The Hall–Kier alpha value is -3.82. The predicted molar refractivity (Wildman–Crippen MR) is 138 cm³/mol. The van der Waals surface area contributed by atoms with E-state index in [2.05, 4.69) is 36.6 Å². The summed E-state index contributed by atoms with van der Waals surface area (Å²) in [6.07, 6.45) is 4.73. The van der Waals surface area contributed by atoms with E-state index in [0.717, 1.165) is 64.7 Å². The molecule has 6 rings (SSSR count). The lowest BCUT2D eigenvalue weighted by Gasteiger charge is -2.23. The van der Waals surface area contributed by atoms with E-state index in [1.165, 1.54) is 11.3 Å². The number of anilines is 1. The lowest BCUT2D eigenvalue weighted by atomic mass is 10.1. The van der Waals surface area contributed by atoms with Gasteiger partial charge in [0.15, 0.2) is 0 Å². The molecule has 3 N–H and O–H groups in total. The Balaban J connectivity index is 1.19. The Labute approximate surface area is 206 Å². The van der Waals surface area contributed by atoms with Gasteiger partial charge in [0, 0.05) is 25.2 Å². The van der Waals surface area contributed by atoms with Crippen molar-refractivity contribution in [2.75, 3.05) is 18.4 Å². The van der Waals surface area contributed by atoms with Gasteiger partial charge in [0.25, 0.3) is 0 Å². The van der Waals surface area contributed by atoms with Gasteiger partial charge in [-0.2, -0.15) is 0 Å². The number of imidazole rings is 1. The molecule has 176 valence electrons. The number of benzene rings is 2. The number of nitrogens with zero attached hydrogens (tertiary/aromatic N) is 4. The van der Waals surface area contributed by atoms with E-state index in [4.69, 9.17) is 9.72 Å². The molecule has 0 aliphatic carbocycles. The van der Waals surface area contributed by atoms with Crippen LogP contribution in [0.4, 0.5) is 5.95 Å². The van der Waals surface area contributed by atoms with Crippen molar-refractivity contribution in [1.82, 2.24) is 30.2 Å². The van der Waals surface area contributed by atoms with Gasteiger partial charge in [0.05, 0.1) is 22.2 Å². The number of rotatable bonds is 7. The molecule has 4 heterocycles. The second-order valence-corrected chi connectivity index (χ2v) is 9.42. The highest BCUT2D eigenvalue weighted by Gasteiger charge is 2.17. The number of hydrogen-bond acceptors (Lipinski definition) is 8. The molecule has 3 aromatic heterocycles. The van der Waals surface area contributed by atoms with Crippen molar-refractivity contribution >= 4 is 28.3 Å². The minimum absolute atomic E-state index is 0.339. The number of para-hydroxylation sites is 2. The second kappa shape index (κ2) is 9.81. The summed E-state index contributed by atoms with van der Waals surface area (Å²) >= 11 is 1.50. The number of nitrogens with one attached hydrogen (secondary N) is 3. The van der Waals surface area contributed by atoms with Crippen molar-refractivity contribution < 1.29 is 4.74 Å². The van der Waals surface area contributed by atoms with Crippen LogP contribution in [0.1, 0.15) is 24.2 Å². The molecule has 9 heteroatoms. The summed E-state index contributed by atoms with van der Waals surface area (Å²) in [5, 5.41) is 6.85. The zero-order valence-electron chi connectivity index (χ0n) is 19.1. The van der Waals surface area contributed by atoms with E-state index in [-0.39, 0.29) is 0 Å². The number of H-pyrrole nitrogens is 1. The number of piperidine rings is 1. The first kappa shape index (κ1) is 21.7. The molecule has 1 unspecified atom stereocenters. The largest absolute Gasteiger partial charge is 0.437 e. The Bertz CT molecular complexity index is 1410. The highest BCUT2D eigenvalue weighted by molar-refractivity contribution is 7.13. The Kier molecular flexibility index (Phi) is 6.08. The first-order chi connectivity index (χ1) is 17.3. The van der Waals surface area contributed by atoms with Gasteiger partial charge >= 0.3 is 0 Å². The fourth-order valence-corrected chi connectivity index (χ4v) is 4.99. The highest BCUT2D eigenvalue weighted by Crippen LogP contribution is 2.35. The zero-order chi connectivity index (χ0) is 23.5. The number of thiazole rings is 1. The number of ether oxygens (including phenoxy) is 1. The molecule has 1 saturated heterocycles. The molecular formula is C26H25N7OS. The monoisotopic (exact) mass is 483 g/mol. The Morgan fingerprint density at radius 1 is 1.06 bits per heavy atom. The molecule has 0 spiro atoms. The van der Waals surface area contributed by atoms with Crippen molar-refractivity contribution in [3.63, 3.8) is 0 Å². The third kappa shape index (κ3) is 5.01. The molecule has 8 nitrogen and oxygen atoms in total. The zero-order valence-corrected chi connectivity index (χ0v) is 19.9. The summed E-state index contributed by atoms with van der Waals surface area (Å²) in [7, 11) is 0. The van der Waals surface area contributed by atoms with E-state index in [9.17, 15) is 0 Å². The van der Waals surface area contributed by atoms with Gasteiger partial charge in [-0.15, -0.1) is 11.3 Å². The quantitative estimate of drug-likeness (QED) is 0.299. The van der Waals surface area contributed by atoms with Crippen molar-refractivity contribution in [3.05, 3.63) is 77.7 Å². The summed E-state index contributed by atoms with van der Waals surface area (Å²) in [6.45, 7) is 1.99. The molecule has 0 radical (unpaired) electrons. The number of fused-ring (bicyclic) bond motifs is 1. The fraction of sp³-hybridized carbons (Fsp3) is 0.231. The highest BCUT2D eigenvalue weighted by atomic mass is 32.1. The summed E-state index contributed by atoms with van der Waals surface area (Å²) in [4.78, 5) is 22.6.